The quantitative estimate of drug-likeness (QED) is 0.384. The molecule has 2 N–H and O–H groups in total. The molecule has 0 radical (unpaired) electrons. The molecule has 2 amide bonds. The summed E-state index contributed by atoms with van der Waals surface area (Å²) in [6.07, 6.45) is 0.140. The van der Waals surface area contributed by atoms with Gasteiger partial charge in [-0.25, -0.2) is 4.79 Å². The van der Waals surface area contributed by atoms with Crippen molar-refractivity contribution in [2.45, 2.75) is 50.1 Å². The third-order valence-electron chi connectivity index (χ3n) is 5.84. The summed E-state index contributed by atoms with van der Waals surface area (Å²) in [5.41, 5.74) is 0.863. The number of carboxylic acid groups (broad SMARTS) is 1. The van der Waals surface area contributed by atoms with Gasteiger partial charge in [0.25, 0.3) is 5.91 Å². The van der Waals surface area contributed by atoms with Gasteiger partial charge >= 0.3 is 11.9 Å². The van der Waals surface area contributed by atoms with E-state index in [1.54, 1.807) is 20.8 Å². The first kappa shape index (κ1) is 26.8. The van der Waals surface area contributed by atoms with Crippen molar-refractivity contribution in [2.75, 3.05) is 5.75 Å². The Morgan fingerprint density at radius 2 is 1.78 bits per heavy atom. The number of thioether (sulfide) groups is 2. The van der Waals surface area contributed by atoms with Crippen molar-refractivity contribution in [1.82, 2.24) is 10.2 Å². The Bertz CT molecular complexity index is 1260. The predicted molar refractivity (Wildman–Crippen MR) is 141 cm³/mol. The number of hydrogen-bond acceptors (Lipinski definition) is 7. The fraction of sp³-hybridized carbons (Fsp3) is 0.333. The zero-order chi connectivity index (χ0) is 26.7. The monoisotopic (exact) mass is 540 g/mol. The number of nitrogens with zero attached hydrogens (tertiary/aromatic N) is 1. The van der Waals surface area contributed by atoms with Crippen LogP contribution in [0.3, 0.4) is 0 Å². The van der Waals surface area contributed by atoms with Crippen LogP contribution in [0.1, 0.15) is 31.9 Å². The second-order valence-electron chi connectivity index (χ2n) is 9.73. The molecule has 194 valence electrons. The number of aliphatic carboxylic acids is 1. The second-order valence-corrected chi connectivity index (χ2v) is 12.0. The summed E-state index contributed by atoms with van der Waals surface area (Å²) in [4.78, 5) is 52.5. The Morgan fingerprint density at radius 3 is 2.46 bits per heavy atom. The lowest BCUT2D eigenvalue weighted by molar-refractivity contribution is -0.154. The highest BCUT2D eigenvalue weighted by atomic mass is 32.2. The highest BCUT2D eigenvalue weighted by Crippen LogP contribution is 2.45. The van der Waals surface area contributed by atoms with E-state index in [0.717, 1.165) is 16.0 Å². The number of benzene rings is 2. The number of esters is 1. The Balaban J connectivity index is 1.48. The van der Waals surface area contributed by atoms with Gasteiger partial charge in [-0.2, -0.15) is 0 Å². The molecule has 0 aromatic heterocycles. The van der Waals surface area contributed by atoms with Crippen LogP contribution in [0.2, 0.25) is 0 Å². The summed E-state index contributed by atoms with van der Waals surface area (Å²) in [6.45, 7) is 5.38. The minimum absolute atomic E-state index is 0.0584. The van der Waals surface area contributed by atoms with Gasteiger partial charge in [0.2, 0.25) is 5.91 Å². The number of fused-ring (bicyclic) bond motifs is 1. The zero-order valence-corrected chi connectivity index (χ0v) is 22.4. The highest BCUT2D eigenvalue weighted by molar-refractivity contribution is 8.06. The Hall–Kier alpha value is -3.24. The van der Waals surface area contributed by atoms with Crippen molar-refractivity contribution >= 4 is 47.3 Å². The van der Waals surface area contributed by atoms with Crippen LogP contribution in [0, 0.1) is 5.41 Å². The molecule has 0 saturated carbocycles. The third-order valence-corrected chi connectivity index (χ3v) is 8.50. The van der Waals surface area contributed by atoms with Crippen LogP contribution < -0.4 is 5.32 Å². The van der Waals surface area contributed by atoms with E-state index in [1.165, 1.54) is 28.4 Å². The number of carbonyl (C=O) groups excluding carboxylic acids is 3. The van der Waals surface area contributed by atoms with Gasteiger partial charge in [0.1, 0.15) is 23.7 Å². The predicted octanol–water partition coefficient (Wildman–Crippen LogP) is 3.81. The molecule has 2 atom stereocenters. The number of hydrogen-bond donors (Lipinski definition) is 2. The van der Waals surface area contributed by atoms with Crippen LogP contribution in [0.5, 0.6) is 0 Å². The van der Waals surface area contributed by atoms with E-state index in [4.69, 9.17) is 4.74 Å². The molecule has 1 saturated heterocycles. The minimum atomic E-state index is -1.20. The van der Waals surface area contributed by atoms with Crippen molar-refractivity contribution in [3.8, 4) is 0 Å². The SMILES string of the molecule is CC(C)(C)C(=O)OCc1ccccc1SC1=C(C(=O)O)N2C(=O)C(NC(=O)Cc3ccccc3)C2SC1. The standard InChI is InChI=1S/C27H28N2O6S2/c1-27(2,3)26(34)35-14-17-11-7-8-12-18(17)37-19-15-36-24-21(23(31)29(24)22(19)25(32)33)28-20(30)13-16-9-5-4-6-10-16/h4-12,21,24H,13-15H2,1-3H3,(H,28,30)(H,32,33). The summed E-state index contributed by atoms with van der Waals surface area (Å²) >= 11 is 2.66. The molecule has 1 fully saturated rings. The van der Waals surface area contributed by atoms with Gasteiger partial charge in [0.05, 0.1) is 11.8 Å². The summed E-state index contributed by atoms with van der Waals surface area (Å²) in [5.74, 6) is -1.90. The first-order valence-corrected chi connectivity index (χ1v) is 13.6. The largest absolute Gasteiger partial charge is 0.477 e. The third kappa shape index (κ3) is 6.02. The summed E-state index contributed by atoms with van der Waals surface area (Å²) in [7, 11) is 0. The fourth-order valence-electron chi connectivity index (χ4n) is 3.89. The molecule has 2 aromatic carbocycles. The van der Waals surface area contributed by atoms with Crippen molar-refractivity contribution in [1.29, 1.82) is 0 Å². The molecular formula is C27H28N2O6S2. The Kier molecular flexibility index (Phi) is 7.99. The first-order chi connectivity index (χ1) is 17.6. The first-order valence-electron chi connectivity index (χ1n) is 11.7. The van der Waals surface area contributed by atoms with E-state index in [-0.39, 0.29) is 30.6 Å². The van der Waals surface area contributed by atoms with Crippen molar-refractivity contribution in [2.24, 2.45) is 5.41 Å². The lowest BCUT2D eigenvalue weighted by Crippen LogP contribution is -2.70. The van der Waals surface area contributed by atoms with Gasteiger partial charge in [-0.05, 0) is 32.4 Å². The zero-order valence-electron chi connectivity index (χ0n) is 20.7. The van der Waals surface area contributed by atoms with E-state index in [1.807, 2.05) is 54.6 Å². The van der Waals surface area contributed by atoms with Crippen LogP contribution in [0.25, 0.3) is 0 Å². The molecule has 0 spiro atoms. The van der Waals surface area contributed by atoms with Crippen LogP contribution in [-0.2, 0) is 36.9 Å². The molecule has 37 heavy (non-hydrogen) atoms. The van der Waals surface area contributed by atoms with Gasteiger partial charge in [0, 0.05) is 21.1 Å². The average Bonchev–Trinajstić information content (AvgIpc) is 2.86. The molecule has 2 unspecified atom stereocenters. The molecule has 2 aliphatic rings. The van der Waals surface area contributed by atoms with E-state index in [2.05, 4.69) is 5.32 Å². The molecule has 2 heterocycles. The number of ether oxygens (including phenoxy) is 1. The fourth-order valence-corrected chi connectivity index (χ4v) is 6.48. The van der Waals surface area contributed by atoms with Gasteiger partial charge < -0.3 is 15.2 Å². The van der Waals surface area contributed by atoms with E-state index < -0.39 is 28.7 Å². The molecule has 2 aliphatic heterocycles. The van der Waals surface area contributed by atoms with Crippen molar-refractivity contribution in [3.05, 3.63) is 76.3 Å². The molecule has 0 bridgehead atoms. The molecular weight excluding hydrogens is 512 g/mol. The maximum atomic E-state index is 13.0. The summed E-state index contributed by atoms with van der Waals surface area (Å²) in [6, 6.07) is 15.7. The van der Waals surface area contributed by atoms with Gasteiger partial charge in [-0.15, -0.1) is 11.8 Å². The van der Waals surface area contributed by atoms with Gasteiger partial charge in [0.15, 0.2) is 0 Å². The Morgan fingerprint density at radius 1 is 1.11 bits per heavy atom. The van der Waals surface area contributed by atoms with E-state index in [0.29, 0.717) is 10.7 Å². The smallest absolute Gasteiger partial charge is 0.353 e. The minimum Gasteiger partial charge on any atom is -0.477 e. The number of carbonyl (C=O) groups is 4. The molecule has 10 heteroatoms. The lowest BCUT2D eigenvalue weighted by atomic mass is 9.97. The molecule has 2 aromatic rings. The van der Waals surface area contributed by atoms with E-state index >= 15 is 0 Å². The normalized spacial score (nSPS) is 19.1. The lowest BCUT2D eigenvalue weighted by Gasteiger charge is -2.49. The van der Waals surface area contributed by atoms with E-state index in [9.17, 15) is 24.3 Å². The number of carboxylic acids is 1. The molecule has 8 nitrogen and oxygen atoms in total. The van der Waals surface area contributed by atoms with Gasteiger partial charge in [-0.1, -0.05) is 60.3 Å². The number of β-lactam (4-membered cyclic amide) rings is 1. The van der Waals surface area contributed by atoms with Crippen molar-refractivity contribution < 1.29 is 29.0 Å². The molecule has 4 rings (SSSR count). The van der Waals surface area contributed by atoms with Gasteiger partial charge in [-0.3, -0.25) is 19.3 Å². The summed E-state index contributed by atoms with van der Waals surface area (Å²) in [5, 5.41) is 12.3. The maximum absolute atomic E-state index is 13.0. The highest BCUT2D eigenvalue weighted by Gasteiger charge is 2.54. The maximum Gasteiger partial charge on any atom is 0.353 e. The number of nitrogens with one attached hydrogen (secondary N) is 1. The summed E-state index contributed by atoms with van der Waals surface area (Å²) < 4.78 is 5.46. The molecule has 0 aliphatic carbocycles. The van der Waals surface area contributed by atoms with Crippen LogP contribution in [0.15, 0.2) is 70.1 Å². The Labute approximate surface area is 223 Å². The van der Waals surface area contributed by atoms with Crippen LogP contribution >= 0.6 is 23.5 Å². The average molecular weight is 541 g/mol. The van der Waals surface area contributed by atoms with Crippen molar-refractivity contribution in [3.63, 3.8) is 0 Å². The van der Waals surface area contributed by atoms with Crippen LogP contribution in [-0.4, -0.2) is 50.9 Å². The number of rotatable bonds is 8. The van der Waals surface area contributed by atoms with Crippen LogP contribution in [0.4, 0.5) is 0 Å². The topological polar surface area (TPSA) is 113 Å². The second kappa shape index (κ2) is 11.0. The number of amides is 2.